The SMILES string of the molecule is Cn1cnc(Br)c1-c1ccc2c(c1)NC(=O)CO2. The van der Waals surface area contributed by atoms with Gasteiger partial charge in [-0.3, -0.25) is 4.79 Å². The van der Waals surface area contributed by atoms with Crippen molar-refractivity contribution in [2.75, 3.05) is 11.9 Å². The first-order valence-corrected chi connectivity index (χ1v) is 6.18. The summed E-state index contributed by atoms with van der Waals surface area (Å²) in [6.45, 7) is 0.0712. The van der Waals surface area contributed by atoms with Crippen LogP contribution < -0.4 is 10.1 Å². The van der Waals surface area contributed by atoms with E-state index in [9.17, 15) is 4.79 Å². The molecular formula is C12H10BrN3O2. The number of ether oxygens (including phenoxy) is 1. The number of nitrogens with zero attached hydrogens (tertiary/aromatic N) is 2. The number of carbonyl (C=O) groups excluding carboxylic acids is 1. The van der Waals surface area contributed by atoms with Crippen LogP contribution in [-0.2, 0) is 11.8 Å². The van der Waals surface area contributed by atoms with Gasteiger partial charge in [0.05, 0.1) is 17.7 Å². The predicted octanol–water partition coefficient (Wildman–Crippen LogP) is 2.18. The molecule has 0 saturated carbocycles. The van der Waals surface area contributed by atoms with E-state index in [1.807, 2.05) is 29.8 Å². The number of anilines is 1. The van der Waals surface area contributed by atoms with Crippen molar-refractivity contribution >= 4 is 27.5 Å². The van der Waals surface area contributed by atoms with Crippen LogP contribution in [0.5, 0.6) is 5.75 Å². The van der Waals surface area contributed by atoms with E-state index in [1.165, 1.54) is 0 Å². The quantitative estimate of drug-likeness (QED) is 0.878. The molecule has 2 aromatic rings. The van der Waals surface area contributed by atoms with Crippen molar-refractivity contribution < 1.29 is 9.53 Å². The summed E-state index contributed by atoms with van der Waals surface area (Å²) >= 11 is 3.41. The molecule has 1 N–H and O–H groups in total. The second kappa shape index (κ2) is 4.13. The van der Waals surface area contributed by atoms with Crippen molar-refractivity contribution in [2.45, 2.75) is 0 Å². The summed E-state index contributed by atoms with van der Waals surface area (Å²) in [6, 6.07) is 5.68. The maximum Gasteiger partial charge on any atom is 0.262 e. The van der Waals surface area contributed by atoms with Gasteiger partial charge < -0.3 is 14.6 Å². The minimum atomic E-state index is -0.135. The maximum absolute atomic E-state index is 11.3. The van der Waals surface area contributed by atoms with Gasteiger partial charge in [-0.15, -0.1) is 0 Å². The van der Waals surface area contributed by atoms with E-state index >= 15 is 0 Å². The number of hydrogen-bond acceptors (Lipinski definition) is 3. The highest BCUT2D eigenvalue weighted by molar-refractivity contribution is 9.10. The molecule has 1 aliphatic rings. The second-order valence-corrected chi connectivity index (χ2v) is 4.79. The lowest BCUT2D eigenvalue weighted by Gasteiger charge is -2.18. The van der Waals surface area contributed by atoms with Gasteiger partial charge in [0.2, 0.25) is 0 Å². The number of fused-ring (bicyclic) bond motifs is 1. The third-order valence-electron chi connectivity index (χ3n) is 2.78. The minimum Gasteiger partial charge on any atom is -0.482 e. The average molecular weight is 308 g/mol. The highest BCUT2D eigenvalue weighted by Crippen LogP contribution is 2.34. The zero-order valence-corrected chi connectivity index (χ0v) is 11.2. The van der Waals surface area contributed by atoms with Crippen molar-refractivity contribution in [2.24, 2.45) is 7.05 Å². The van der Waals surface area contributed by atoms with Crippen LogP contribution in [0, 0.1) is 0 Å². The van der Waals surface area contributed by atoms with Crippen LogP contribution >= 0.6 is 15.9 Å². The molecule has 1 amide bonds. The van der Waals surface area contributed by atoms with E-state index < -0.39 is 0 Å². The summed E-state index contributed by atoms with van der Waals surface area (Å²) in [6.07, 6.45) is 1.73. The Hall–Kier alpha value is -1.82. The predicted molar refractivity (Wildman–Crippen MR) is 70.5 cm³/mol. The Morgan fingerprint density at radius 1 is 1.50 bits per heavy atom. The van der Waals surface area contributed by atoms with E-state index in [2.05, 4.69) is 26.2 Å². The zero-order chi connectivity index (χ0) is 12.7. The molecule has 2 heterocycles. The molecule has 18 heavy (non-hydrogen) atoms. The fourth-order valence-corrected chi connectivity index (χ4v) is 2.56. The molecule has 0 spiro atoms. The van der Waals surface area contributed by atoms with E-state index in [1.54, 1.807) is 6.33 Å². The number of benzene rings is 1. The fraction of sp³-hybridized carbons (Fsp3) is 0.167. The summed E-state index contributed by atoms with van der Waals surface area (Å²) < 4.78 is 8.01. The Kier molecular flexibility index (Phi) is 2.59. The molecule has 0 radical (unpaired) electrons. The Labute approximate surface area is 112 Å². The zero-order valence-electron chi connectivity index (χ0n) is 9.61. The van der Waals surface area contributed by atoms with Crippen molar-refractivity contribution in [1.82, 2.24) is 9.55 Å². The van der Waals surface area contributed by atoms with E-state index in [0.717, 1.165) is 15.9 Å². The highest BCUT2D eigenvalue weighted by atomic mass is 79.9. The number of carbonyl (C=O) groups is 1. The standard InChI is InChI=1S/C12H10BrN3O2/c1-16-6-14-12(13)11(16)7-2-3-9-8(4-7)15-10(17)5-18-9/h2-4,6H,5H2,1H3,(H,15,17). The van der Waals surface area contributed by atoms with Crippen LogP contribution in [-0.4, -0.2) is 22.1 Å². The Bertz CT molecular complexity index is 617. The molecule has 0 saturated heterocycles. The van der Waals surface area contributed by atoms with Crippen molar-refractivity contribution in [1.29, 1.82) is 0 Å². The minimum absolute atomic E-state index is 0.0712. The van der Waals surface area contributed by atoms with Crippen molar-refractivity contribution in [3.63, 3.8) is 0 Å². The molecule has 0 atom stereocenters. The third kappa shape index (κ3) is 1.78. The van der Waals surface area contributed by atoms with E-state index in [4.69, 9.17) is 4.74 Å². The number of aromatic nitrogens is 2. The molecule has 1 aliphatic heterocycles. The first-order valence-electron chi connectivity index (χ1n) is 5.39. The molecule has 0 aliphatic carbocycles. The number of imidazole rings is 1. The number of halogens is 1. The second-order valence-electron chi connectivity index (χ2n) is 4.04. The molecule has 0 unspecified atom stereocenters. The maximum atomic E-state index is 11.3. The molecule has 0 bridgehead atoms. The largest absolute Gasteiger partial charge is 0.482 e. The number of aryl methyl sites for hydroxylation is 1. The third-order valence-corrected chi connectivity index (χ3v) is 3.36. The number of amides is 1. The molecule has 3 rings (SSSR count). The number of hydrogen-bond donors (Lipinski definition) is 1. The molecule has 5 nitrogen and oxygen atoms in total. The van der Waals surface area contributed by atoms with Gasteiger partial charge >= 0.3 is 0 Å². The molecular weight excluding hydrogens is 298 g/mol. The summed E-state index contributed by atoms with van der Waals surface area (Å²) in [5.74, 6) is 0.556. The lowest BCUT2D eigenvalue weighted by Crippen LogP contribution is -2.25. The topological polar surface area (TPSA) is 56.2 Å². The van der Waals surface area contributed by atoms with Crippen LogP contribution in [0.3, 0.4) is 0 Å². The summed E-state index contributed by atoms with van der Waals surface area (Å²) in [5, 5.41) is 2.79. The van der Waals surface area contributed by atoms with Gasteiger partial charge in [0.25, 0.3) is 5.91 Å². The first kappa shape index (κ1) is 11.3. The highest BCUT2D eigenvalue weighted by Gasteiger charge is 2.18. The lowest BCUT2D eigenvalue weighted by atomic mass is 10.1. The van der Waals surface area contributed by atoms with Gasteiger partial charge in [0.15, 0.2) is 6.61 Å². The van der Waals surface area contributed by atoms with Gasteiger partial charge in [-0.1, -0.05) is 0 Å². The van der Waals surface area contributed by atoms with Crippen LogP contribution in [0.2, 0.25) is 0 Å². The average Bonchev–Trinajstić information content (AvgIpc) is 2.68. The lowest BCUT2D eigenvalue weighted by molar-refractivity contribution is -0.118. The molecule has 1 aromatic heterocycles. The van der Waals surface area contributed by atoms with E-state index in [0.29, 0.717) is 11.4 Å². The normalized spacial score (nSPS) is 13.8. The van der Waals surface area contributed by atoms with Crippen LogP contribution in [0.15, 0.2) is 29.1 Å². The van der Waals surface area contributed by atoms with Crippen LogP contribution in [0.4, 0.5) is 5.69 Å². The molecule has 0 fully saturated rings. The van der Waals surface area contributed by atoms with E-state index in [-0.39, 0.29) is 12.5 Å². The molecule has 92 valence electrons. The number of rotatable bonds is 1. The van der Waals surface area contributed by atoms with Gasteiger partial charge in [-0.25, -0.2) is 4.98 Å². The number of nitrogens with one attached hydrogen (secondary N) is 1. The van der Waals surface area contributed by atoms with Gasteiger partial charge in [0, 0.05) is 12.6 Å². The monoisotopic (exact) mass is 307 g/mol. The molecule has 6 heteroatoms. The van der Waals surface area contributed by atoms with Crippen LogP contribution in [0.1, 0.15) is 0 Å². The summed E-state index contributed by atoms with van der Waals surface area (Å²) in [7, 11) is 1.92. The Morgan fingerprint density at radius 2 is 2.33 bits per heavy atom. The van der Waals surface area contributed by atoms with Crippen LogP contribution in [0.25, 0.3) is 11.3 Å². The van der Waals surface area contributed by atoms with Crippen molar-refractivity contribution in [3.8, 4) is 17.0 Å². The van der Waals surface area contributed by atoms with Gasteiger partial charge in [-0.2, -0.15) is 0 Å². The molecule has 1 aromatic carbocycles. The fourth-order valence-electron chi connectivity index (χ4n) is 1.95. The Balaban J connectivity index is 2.10. The smallest absolute Gasteiger partial charge is 0.262 e. The van der Waals surface area contributed by atoms with Crippen molar-refractivity contribution in [3.05, 3.63) is 29.1 Å². The summed E-state index contributed by atoms with van der Waals surface area (Å²) in [5.41, 5.74) is 2.61. The summed E-state index contributed by atoms with van der Waals surface area (Å²) in [4.78, 5) is 15.5. The first-order chi connectivity index (χ1) is 8.65. The Morgan fingerprint density at radius 3 is 3.06 bits per heavy atom. The van der Waals surface area contributed by atoms with Gasteiger partial charge in [-0.05, 0) is 34.1 Å². The van der Waals surface area contributed by atoms with Gasteiger partial charge in [0.1, 0.15) is 10.4 Å².